The van der Waals surface area contributed by atoms with Gasteiger partial charge in [0, 0.05) is 12.6 Å². The summed E-state index contributed by atoms with van der Waals surface area (Å²) < 4.78 is 5.41. The second-order valence-corrected chi connectivity index (χ2v) is 5.91. The summed E-state index contributed by atoms with van der Waals surface area (Å²) in [5.74, 6) is -1.000. The minimum absolute atomic E-state index is 0.0317. The van der Waals surface area contributed by atoms with Crippen LogP contribution in [0.1, 0.15) is 65.7 Å². The van der Waals surface area contributed by atoms with E-state index in [1.165, 1.54) is 0 Å². The number of unbranched alkanes of at least 4 members (excludes halogenated alkanes) is 2. The number of carbonyl (C=O) groups excluding carboxylic acids is 1. The standard InChI is InChI=1S/C16H29NO4/c1-4-6-7-11-17(12(3)8-5-2)15(18)13-9-10-14(21-13)16(19)20/h12-14H,4-11H2,1-3H3,(H,19,20)/t12?,13-,14+/m0/s1. The second kappa shape index (κ2) is 9.03. The molecule has 1 saturated heterocycles. The number of hydrogen-bond donors (Lipinski definition) is 1. The van der Waals surface area contributed by atoms with E-state index >= 15 is 0 Å². The van der Waals surface area contributed by atoms with E-state index in [0.29, 0.717) is 12.8 Å². The van der Waals surface area contributed by atoms with Crippen LogP contribution in [0.5, 0.6) is 0 Å². The zero-order valence-electron chi connectivity index (χ0n) is 13.5. The first-order valence-electron chi connectivity index (χ1n) is 8.19. The molecule has 0 aromatic heterocycles. The molecule has 1 heterocycles. The minimum atomic E-state index is -0.968. The number of hydrogen-bond acceptors (Lipinski definition) is 3. The van der Waals surface area contributed by atoms with Crippen molar-refractivity contribution in [2.75, 3.05) is 6.54 Å². The fourth-order valence-corrected chi connectivity index (χ4v) is 2.84. The van der Waals surface area contributed by atoms with E-state index in [1.807, 2.05) is 4.90 Å². The van der Waals surface area contributed by atoms with Crippen LogP contribution in [0.2, 0.25) is 0 Å². The molecule has 3 atom stereocenters. The van der Waals surface area contributed by atoms with Crippen LogP contribution in [0, 0.1) is 0 Å². The molecule has 0 bridgehead atoms. The van der Waals surface area contributed by atoms with E-state index in [0.717, 1.165) is 38.6 Å². The van der Waals surface area contributed by atoms with Crippen molar-refractivity contribution in [1.82, 2.24) is 4.90 Å². The Morgan fingerprint density at radius 3 is 2.38 bits per heavy atom. The van der Waals surface area contributed by atoms with Crippen molar-refractivity contribution in [3.63, 3.8) is 0 Å². The van der Waals surface area contributed by atoms with Crippen LogP contribution < -0.4 is 0 Å². The third-order valence-corrected chi connectivity index (χ3v) is 4.09. The molecule has 1 aliphatic heterocycles. The van der Waals surface area contributed by atoms with Crippen LogP contribution >= 0.6 is 0 Å². The van der Waals surface area contributed by atoms with Crippen molar-refractivity contribution in [1.29, 1.82) is 0 Å². The zero-order chi connectivity index (χ0) is 15.8. The van der Waals surface area contributed by atoms with Crippen molar-refractivity contribution >= 4 is 11.9 Å². The van der Waals surface area contributed by atoms with Crippen molar-refractivity contribution < 1.29 is 19.4 Å². The fraction of sp³-hybridized carbons (Fsp3) is 0.875. The van der Waals surface area contributed by atoms with E-state index in [2.05, 4.69) is 20.8 Å². The van der Waals surface area contributed by atoms with Crippen molar-refractivity contribution in [2.45, 2.75) is 84.0 Å². The third kappa shape index (κ3) is 5.30. The molecule has 1 amide bonds. The van der Waals surface area contributed by atoms with Crippen LogP contribution in [-0.2, 0) is 14.3 Å². The lowest BCUT2D eigenvalue weighted by Crippen LogP contribution is -2.45. The highest BCUT2D eigenvalue weighted by Crippen LogP contribution is 2.23. The van der Waals surface area contributed by atoms with Gasteiger partial charge in [0.15, 0.2) is 6.10 Å². The van der Waals surface area contributed by atoms with Gasteiger partial charge in [-0.25, -0.2) is 4.79 Å². The van der Waals surface area contributed by atoms with E-state index in [4.69, 9.17) is 9.84 Å². The Hall–Kier alpha value is -1.10. The Labute approximate surface area is 127 Å². The Bertz CT molecular complexity index is 345. The number of aliphatic carboxylic acids is 1. The van der Waals surface area contributed by atoms with Crippen LogP contribution in [0.3, 0.4) is 0 Å². The third-order valence-electron chi connectivity index (χ3n) is 4.09. The summed E-state index contributed by atoms with van der Waals surface area (Å²) in [6, 6.07) is 0.187. The van der Waals surface area contributed by atoms with Gasteiger partial charge in [-0.05, 0) is 32.6 Å². The highest BCUT2D eigenvalue weighted by Gasteiger charge is 2.37. The van der Waals surface area contributed by atoms with Gasteiger partial charge in [-0.15, -0.1) is 0 Å². The summed E-state index contributed by atoms with van der Waals surface area (Å²) in [5, 5.41) is 8.97. The summed E-state index contributed by atoms with van der Waals surface area (Å²) in [6.07, 6.45) is 4.75. The zero-order valence-corrected chi connectivity index (χ0v) is 13.5. The van der Waals surface area contributed by atoms with Gasteiger partial charge in [0.1, 0.15) is 6.10 Å². The summed E-state index contributed by atoms with van der Waals surface area (Å²) in [6.45, 7) is 7.05. The molecule has 1 unspecified atom stereocenters. The minimum Gasteiger partial charge on any atom is -0.479 e. The smallest absolute Gasteiger partial charge is 0.332 e. The maximum atomic E-state index is 12.6. The molecule has 21 heavy (non-hydrogen) atoms. The number of rotatable bonds is 9. The van der Waals surface area contributed by atoms with Crippen molar-refractivity contribution in [3.8, 4) is 0 Å². The summed E-state index contributed by atoms with van der Waals surface area (Å²) in [4.78, 5) is 25.5. The Kier molecular flexibility index (Phi) is 7.72. The molecule has 0 saturated carbocycles. The Morgan fingerprint density at radius 1 is 1.19 bits per heavy atom. The quantitative estimate of drug-likeness (QED) is 0.665. The van der Waals surface area contributed by atoms with Crippen LogP contribution in [0.15, 0.2) is 0 Å². The second-order valence-electron chi connectivity index (χ2n) is 5.91. The molecular weight excluding hydrogens is 270 g/mol. The van der Waals surface area contributed by atoms with Crippen LogP contribution in [0.4, 0.5) is 0 Å². The number of ether oxygens (including phenoxy) is 1. The first kappa shape index (κ1) is 18.0. The summed E-state index contributed by atoms with van der Waals surface area (Å²) in [7, 11) is 0. The first-order chi connectivity index (χ1) is 10.0. The molecule has 0 aliphatic carbocycles. The molecular formula is C16H29NO4. The molecule has 0 radical (unpaired) electrons. The lowest BCUT2D eigenvalue weighted by atomic mass is 10.1. The van der Waals surface area contributed by atoms with Crippen LogP contribution in [0.25, 0.3) is 0 Å². The lowest BCUT2D eigenvalue weighted by Gasteiger charge is -2.31. The average molecular weight is 299 g/mol. The largest absolute Gasteiger partial charge is 0.479 e. The van der Waals surface area contributed by atoms with Gasteiger partial charge in [0.05, 0.1) is 0 Å². The van der Waals surface area contributed by atoms with Gasteiger partial charge in [0.25, 0.3) is 5.91 Å². The molecule has 0 aromatic rings. The lowest BCUT2D eigenvalue weighted by molar-refractivity contribution is -0.155. The topological polar surface area (TPSA) is 66.8 Å². The fourth-order valence-electron chi connectivity index (χ4n) is 2.84. The predicted molar refractivity (Wildman–Crippen MR) is 81.1 cm³/mol. The van der Waals surface area contributed by atoms with Crippen molar-refractivity contribution in [3.05, 3.63) is 0 Å². The number of carboxylic acids is 1. The monoisotopic (exact) mass is 299 g/mol. The number of carbonyl (C=O) groups is 2. The molecule has 5 nitrogen and oxygen atoms in total. The molecule has 5 heteroatoms. The van der Waals surface area contributed by atoms with E-state index in [-0.39, 0.29) is 11.9 Å². The molecule has 1 aliphatic rings. The molecule has 0 spiro atoms. The van der Waals surface area contributed by atoms with Gasteiger partial charge < -0.3 is 14.7 Å². The maximum Gasteiger partial charge on any atom is 0.332 e. The van der Waals surface area contributed by atoms with Gasteiger partial charge in [-0.1, -0.05) is 33.1 Å². The number of nitrogens with zero attached hydrogens (tertiary/aromatic N) is 1. The summed E-state index contributed by atoms with van der Waals surface area (Å²) >= 11 is 0. The van der Waals surface area contributed by atoms with Crippen molar-refractivity contribution in [2.24, 2.45) is 0 Å². The predicted octanol–water partition coefficient (Wildman–Crippen LogP) is 2.83. The SMILES string of the molecule is CCCCCN(C(=O)[C@@H]1CC[C@H](C(=O)O)O1)C(C)CCC. The highest BCUT2D eigenvalue weighted by atomic mass is 16.5. The molecule has 122 valence electrons. The van der Waals surface area contributed by atoms with E-state index < -0.39 is 18.2 Å². The number of amides is 1. The van der Waals surface area contributed by atoms with E-state index in [9.17, 15) is 9.59 Å². The van der Waals surface area contributed by atoms with E-state index in [1.54, 1.807) is 0 Å². The highest BCUT2D eigenvalue weighted by molar-refractivity contribution is 5.83. The Balaban J connectivity index is 2.63. The summed E-state index contributed by atoms with van der Waals surface area (Å²) in [5.41, 5.74) is 0. The Morgan fingerprint density at radius 2 is 1.86 bits per heavy atom. The average Bonchev–Trinajstić information content (AvgIpc) is 2.93. The molecule has 0 aromatic carbocycles. The normalized spacial score (nSPS) is 23.0. The van der Waals surface area contributed by atoms with Crippen LogP contribution in [-0.4, -0.2) is 46.7 Å². The van der Waals surface area contributed by atoms with Gasteiger partial charge in [-0.2, -0.15) is 0 Å². The molecule has 1 fully saturated rings. The van der Waals surface area contributed by atoms with Gasteiger partial charge in [-0.3, -0.25) is 4.79 Å². The number of carboxylic acid groups (broad SMARTS) is 1. The van der Waals surface area contributed by atoms with Gasteiger partial charge in [0.2, 0.25) is 0 Å². The molecule has 1 N–H and O–H groups in total. The maximum absolute atomic E-state index is 12.6. The molecule has 1 rings (SSSR count). The van der Waals surface area contributed by atoms with Gasteiger partial charge >= 0.3 is 5.97 Å². The first-order valence-corrected chi connectivity index (χ1v) is 8.19.